The molecule has 0 spiro atoms. The molecule has 0 radical (unpaired) electrons. The zero-order valence-electron chi connectivity index (χ0n) is 16.0. The van der Waals surface area contributed by atoms with Crippen molar-refractivity contribution in [3.63, 3.8) is 0 Å². The van der Waals surface area contributed by atoms with Crippen LogP contribution in [0, 0.1) is 11.3 Å². The highest BCUT2D eigenvalue weighted by molar-refractivity contribution is 5.94. The van der Waals surface area contributed by atoms with E-state index in [1.54, 1.807) is 35.9 Å². The van der Waals surface area contributed by atoms with E-state index in [9.17, 15) is 19.5 Å². The average molecular weight is 360 g/mol. The van der Waals surface area contributed by atoms with Crippen LogP contribution in [0.4, 0.5) is 0 Å². The van der Waals surface area contributed by atoms with E-state index in [4.69, 9.17) is 0 Å². The van der Waals surface area contributed by atoms with Crippen LogP contribution >= 0.6 is 0 Å². The largest absolute Gasteiger partial charge is 0.481 e. The molecule has 1 atom stereocenters. The molecule has 0 saturated carbocycles. The molecule has 6 heteroatoms. The quantitative estimate of drug-likeness (QED) is 0.876. The molecule has 0 aromatic heterocycles. The first-order valence-corrected chi connectivity index (χ1v) is 9.00. The van der Waals surface area contributed by atoms with E-state index in [2.05, 4.69) is 0 Å². The summed E-state index contributed by atoms with van der Waals surface area (Å²) in [5.41, 5.74) is 0.613. The fourth-order valence-corrected chi connectivity index (χ4v) is 3.32. The lowest BCUT2D eigenvalue weighted by molar-refractivity contribution is -0.150. The second kappa shape index (κ2) is 7.89. The average Bonchev–Trinajstić information content (AvgIpc) is 2.60. The summed E-state index contributed by atoms with van der Waals surface area (Å²) in [4.78, 5) is 39.4. The number of carboxylic acid groups (broad SMARTS) is 1. The van der Waals surface area contributed by atoms with Crippen LogP contribution in [0.1, 0.15) is 49.5 Å². The first kappa shape index (κ1) is 19.9. The Morgan fingerprint density at radius 2 is 1.85 bits per heavy atom. The molecule has 1 fully saturated rings. The van der Waals surface area contributed by atoms with Crippen molar-refractivity contribution in [2.75, 3.05) is 20.1 Å². The summed E-state index contributed by atoms with van der Waals surface area (Å²) in [7, 11) is 1.77. The van der Waals surface area contributed by atoms with E-state index in [0.29, 0.717) is 31.5 Å². The van der Waals surface area contributed by atoms with Crippen molar-refractivity contribution in [3.05, 3.63) is 35.4 Å². The molecule has 0 bridgehead atoms. The summed E-state index contributed by atoms with van der Waals surface area (Å²) >= 11 is 0. The van der Waals surface area contributed by atoms with Crippen LogP contribution in [0.25, 0.3) is 0 Å². The van der Waals surface area contributed by atoms with Crippen molar-refractivity contribution in [1.82, 2.24) is 9.80 Å². The molecular formula is C20H28N2O4. The number of amides is 2. The fraction of sp³-hybridized carbons (Fsp3) is 0.550. The number of likely N-dealkylation sites (tertiary alicyclic amines) is 1. The van der Waals surface area contributed by atoms with E-state index in [0.717, 1.165) is 5.56 Å². The van der Waals surface area contributed by atoms with Gasteiger partial charge in [-0.25, -0.2) is 0 Å². The van der Waals surface area contributed by atoms with Crippen LogP contribution < -0.4 is 0 Å². The first-order valence-electron chi connectivity index (χ1n) is 9.00. The lowest BCUT2D eigenvalue weighted by atomic mass is 9.82. The molecule has 6 nitrogen and oxygen atoms in total. The summed E-state index contributed by atoms with van der Waals surface area (Å²) < 4.78 is 0. The van der Waals surface area contributed by atoms with Gasteiger partial charge in [-0.2, -0.15) is 0 Å². The Morgan fingerprint density at radius 1 is 1.23 bits per heavy atom. The Kier molecular flexibility index (Phi) is 6.05. The van der Waals surface area contributed by atoms with Crippen LogP contribution in [0.2, 0.25) is 0 Å². The van der Waals surface area contributed by atoms with Gasteiger partial charge >= 0.3 is 5.97 Å². The van der Waals surface area contributed by atoms with Crippen molar-refractivity contribution in [1.29, 1.82) is 0 Å². The van der Waals surface area contributed by atoms with Gasteiger partial charge < -0.3 is 14.9 Å². The normalized spacial score (nSPS) is 20.1. The molecular weight excluding hydrogens is 332 g/mol. The second-order valence-corrected chi connectivity index (χ2v) is 7.74. The Balaban J connectivity index is 2.04. The van der Waals surface area contributed by atoms with Crippen LogP contribution in [-0.2, 0) is 16.1 Å². The molecule has 142 valence electrons. The van der Waals surface area contributed by atoms with Crippen LogP contribution in [0.15, 0.2) is 24.3 Å². The predicted molar refractivity (Wildman–Crippen MR) is 98.6 cm³/mol. The summed E-state index contributed by atoms with van der Waals surface area (Å²) in [5.74, 6) is -0.978. The van der Waals surface area contributed by atoms with Crippen molar-refractivity contribution < 1.29 is 19.5 Å². The monoisotopic (exact) mass is 360 g/mol. The van der Waals surface area contributed by atoms with Gasteiger partial charge in [-0.1, -0.05) is 26.0 Å². The number of aliphatic carboxylic acids is 1. The molecule has 26 heavy (non-hydrogen) atoms. The maximum Gasteiger partial charge on any atom is 0.311 e. The fourth-order valence-electron chi connectivity index (χ4n) is 3.32. The number of carboxylic acids is 1. The van der Waals surface area contributed by atoms with Crippen molar-refractivity contribution >= 4 is 17.8 Å². The van der Waals surface area contributed by atoms with Crippen LogP contribution in [0.5, 0.6) is 0 Å². The molecule has 2 rings (SSSR count). The lowest BCUT2D eigenvalue weighted by Gasteiger charge is -2.37. The molecule has 1 saturated heterocycles. The highest BCUT2D eigenvalue weighted by Crippen LogP contribution is 2.30. The number of rotatable bonds is 5. The van der Waals surface area contributed by atoms with Gasteiger partial charge in [0, 0.05) is 38.2 Å². The summed E-state index contributed by atoms with van der Waals surface area (Å²) in [6.45, 7) is 6.73. The Morgan fingerprint density at radius 3 is 2.38 bits per heavy atom. The minimum Gasteiger partial charge on any atom is -0.481 e. The second-order valence-electron chi connectivity index (χ2n) is 7.74. The third kappa shape index (κ3) is 4.42. The van der Waals surface area contributed by atoms with Gasteiger partial charge in [0.1, 0.15) is 0 Å². The summed E-state index contributed by atoms with van der Waals surface area (Å²) in [5, 5.41) is 9.40. The van der Waals surface area contributed by atoms with E-state index < -0.39 is 11.4 Å². The Hall–Kier alpha value is -2.37. The Labute approximate surface area is 154 Å². The maximum atomic E-state index is 12.7. The van der Waals surface area contributed by atoms with Crippen molar-refractivity contribution in [3.8, 4) is 0 Å². The number of benzene rings is 1. The first-order chi connectivity index (χ1) is 12.1. The van der Waals surface area contributed by atoms with Crippen molar-refractivity contribution in [2.24, 2.45) is 11.3 Å². The highest BCUT2D eigenvalue weighted by atomic mass is 16.4. The van der Waals surface area contributed by atoms with Gasteiger partial charge in [-0.3, -0.25) is 14.4 Å². The predicted octanol–water partition coefficient (Wildman–Crippen LogP) is 2.63. The Bertz CT molecular complexity index is 684. The number of hydrogen-bond acceptors (Lipinski definition) is 3. The van der Waals surface area contributed by atoms with Crippen LogP contribution in [-0.4, -0.2) is 52.8 Å². The van der Waals surface area contributed by atoms with Crippen LogP contribution in [0.3, 0.4) is 0 Å². The lowest BCUT2D eigenvalue weighted by Crippen LogP contribution is -2.48. The third-order valence-electron chi connectivity index (χ3n) is 4.99. The van der Waals surface area contributed by atoms with Gasteiger partial charge in [0.15, 0.2) is 0 Å². The molecule has 1 aliphatic heterocycles. The summed E-state index contributed by atoms with van der Waals surface area (Å²) in [6, 6.07) is 7.19. The number of piperidine rings is 1. The molecule has 2 amide bonds. The van der Waals surface area contributed by atoms with E-state index in [1.807, 2.05) is 26.0 Å². The van der Waals surface area contributed by atoms with E-state index >= 15 is 0 Å². The van der Waals surface area contributed by atoms with Gasteiger partial charge in [-0.15, -0.1) is 0 Å². The zero-order chi connectivity index (χ0) is 19.5. The SMILES string of the molecule is CC(C)C(=O)N(C)Cc1ccc(C(=O)N2CCCC(C)(C(=O)O)C2)cc1. The molecule has 0 aliphatic carbocycles. The zero-order valence-corrected chi connectivity index (χ0v) is 16.0. The number of carbonyl (C=O) groups excluding carboxylic acids is 2. The van der Waals surface area contributed by atoms with Crippen molar-refractivity contribution in [2.45, 2.75) is 40.2 Å². The highest BCUT2D eigenvalue weighted by Gasteiger charge is 2.39. The maximum absolute atomic E-state index is 12.7. The van der Waals surface area contributed by atoms with Gasteiger partial charge in [-0.05, 0) is 37.5 Å². The van der Waals surface area contributed by atoms with Gasteiger partial charge in [0.25, 0.3) is 5.91 Å². The minimum absolute atomic E-state index is 0.0523. The smallest absolute Gasteiger partial charge is 0.311 e. The van der Waals surface area contributed by atoms with Gasteiger partial charge in [0.05, 0.1) is 5.41 Å². The molecule has 1 heterocycles. The standard InChI is InChI=1S/C20H28N2O4/c1-14(2)17(23)21(4)12-15-6-8-16(9-7-15)18(24)22-11-5-10-20(3,13-22)19(25)26/h6-9,14H,5,10-13H2,1-4H3,(H,25,26). The number of nitrogens with zero attached hydrogens (tertiary/aromatic N) is 2. The topological polar surface area (TPSA) is 77.9 Å². The van der Waals surface area contributed by atoms with Gasteiger partial charge in [0.2, 0.25) is 5.91 Å². The molecule has 1 N–H and O–H groups in total. The molecule has 1 aromatic carbocycles. The minimum atomic E-state index is -0.881. The van der Waals surface area contributed by atoms with E-state index in [-0.39, 0.29) is 24.3 Å². The molecule has 1 aromatic rings. The van der Waals surface area contributed by atoms with E-state index in [1.165, 1.54) is 0 Å². The summed E-state index contributed by atoms with van der Waals surface area (Å²) in [6.07, 6.45) is 1.27. The third-order valence-corrected chi connectivity index (χ3v) is 4.99. The number of hydrogen-bond donors (Lipinski definition) is 1. The number of carbonyl (C=O) groups is 3. The molecule has 1 unspecified atom stereocenters. The molecule has 1 aliphatic rings.